The van der Waals surface area contributed by atoms with Gasteiger partial charge in [-0.1, -0.05) is 38.5 Å². The van der Waals surface area contributed by atoms with Gasteiger partial charge < -0.3 is 4.74 Å². The summed E-state index contributed by atoms with van der Waals surface area (Å²) in [6.07, 6.45) is 9.78. The molecule has 23 heavy (non-hydrogen) atoms. The number of carbonyl (C=O) groups excluding carboxylic acids is 1. The van der Waals surface area contributed by atoms with Crippen molar-refractivity contribution in [3.63, 3.8) is 0 Å². The molecule has 0 aromatic carbocycles. The van der Waals surface area contributed by atoms with E-state index in [-0.39, 0.29) is 16.8 Å². The van der Waals surface area contributed by atoms with E-state index in [1.54, 1.807) is 0 Å². The molecule has 0 saturated heterocycles. The van der Waals surface area contributed by atoms with Gasteiger partial charge in [-0.3, -0.25) is 4.79 Å². The summed E-state index contributed by atoms with van der Waals surface area (Å²) in [6.45, 7) is 15.1. The molecule has 2 heteroatoms. The number of fused-ring (bicyclic) bond motifs is 1. The molecule has 2 aliphatic carbocycles. The van der Waals surface area contributed by atoms with Gasteiger partial charge in [0.25, 0.3) is 0 Å². The highest BCUT2D eigenvalue weighted by Crippen LogP contribution is 2.62. The van der Waals surface area contributed by atoms with Gasteiger partial charge in [0, 0.05) is 0 Å². The molecule has 2 rings (SSSR count). The molecule has 2 nitrogen and oxygen atoms in total. The predicted molar refractivity (Wildman–Crippen MR) is 96.0 cm³/mol. The first-order valence-electron chi connectivity index (χ1n) is 9.18. The molecule has 0 heterocycles. The highest BCUT2D eigenvalue weighted by Gasteiger charge is 2.57. The maximum atomic E-state index is 12.5. The Morgan fingerprint density at radius 2 is 2.13 bits per heavy atom. The van der Waals surface area contributed by atoms with E-state index < -0.39 is 0 Å². The fourth-order valence-corrected chi connectivity index (χ4v) is 5.51. The smallest absolute Gasteiger partial charge is 0.311 e. The molecular weight excluding hydrogens is 284 g/mol. The van der Waals surface area contributed by atoms with Crippen molar-refractivity contribution in [3.05, 3.63) is 24.8 Å². The van der Waals surface area contributed by atoms with Gasteiger partial charge in [-0.15, -0.1) is 6.58 Å². The molecule has 0 aromatic heterocycles. The summed E-state index contributed by atoms with van der Waals surface area (Å²) >= 11 is 0. The number of carbonyl (C=O) groups is 1. The highest BCUT2D eigenvalue weighted by molar-refractivity contribution is 5.77. The SMILES string of the molecule is C=C[C@@H](C)CC[C@H]1C(=C)CC[C@@H]2[C@]1(C)CCC[C@]2(C)C(=O)OC. The molecule has 2 aliphatic rings. The van der Waals surface area contributed by atoms with Gasteiger partial charge in [0.2, 0.25) is 0 Å². The lowest BCUT2D eigenvalue weighted by Gasteiger charge is -2.57. The van der Waals surface area contributed by atoms with Gasteiger partial charge in [-0.25, -0.2) is 0 Å². The lowest BCUT2D eigenvalue weighted by molar-refractivity contribution is -0.168. The van der Waals surface area contributed by atoms with Gasteiger partial charge in [0.15, 0.2) is 0 Å². The minimum Gasteiger partial charge on any atom is -0.469 e. The van der Waals surface area contributed by atoms with Crippen LogP contribution in [0.4, 0.5) is 0 Å². The Morgan fingerprint density at radius 1 is 1.43 bits per heavy atom. The number of hydrogen-bond acceptors (Lipinski definition) is 2. The van der Waals surface area contributed by atoms with Gasteiger partial charge in [-0.05, 0) is 68.6 Å². The molecule has 5 atom stereocenters. The van der Waals surface area contributed by atoms with Gasteiger partial charge in [0.05, 0.1) is 12.5 Å². The van der Waals surface area contributed by atoms with Crippen LogP contribution in [0, 0.1) is 28.6 Å². The quantitative estimate of drug-likeness (QED) is 0.491. The zero-order valence-corrected chi connectivity index (χ0v) is 15.5. The molecule has 2 saturated carbocycles. The third kappa shape index (κ3) is 3.14. The van der Waals surface area contributed by atoms with Crippen molar-refractivity contribution in [3.8, 4) is 0 Å². The van der Waals surface area contributed by atoms with Crippen LogP contribution in [-0.2, 0) is 9.53 Å². The Hall–Kier alpha value is -1.05. The van der Waals surface area contributed by atoms with Crippen LogP contribution in [0.3, 0.4) is 0 Å². The summed E-state index contributed by atoms with van der Waals surface area (Å²) in [7, 11) is 1.53. The summed E-state index contributed by atoms with van der Waals surface area (Å²) in [6, 6.07) is 0. The second kappa shape index (κ2) is 6.83. The molecule has 0 N–H and O–H groups in total. The van der Waals surface area contributed by atoms with E-state index in [0.717, 1.165) is 38.5 Å². The average molecular weight is 319 g/mol. The Bertz CT molecular complexity index is 480. The molecule has 130 valence electrons. The molecule has 0 unspecified atom stereocenters. The first-order valence-corrected chi connectivity index (χ1v) is 9.18. The van der Waals surface area contributed by atoms with Crippen molar-refractivity contribution in [2.75, 3.05) is 7.11 Å². The Kier molecular flexibility index (Phi) is 5.43. The number of methoxy groups -OCH3 is 1. The van der Waals surface area contributed by atoms with E-state index >= 15 is 0 Å². The van der Waals surface area contributed by atoms with Crippen molar-refractivity contribution in [1.82, 2.24) is 0 Å². The lowest BCUT2D eigenvalue weighted by Crippen LogP contribution is -2.53. The molecule has 0 spiro atoms. The van der Waals surface area contributed by atoms with Crippen LogP contribution >= 0.6 is 0 Å². The third-order valence-corrected chi connectivity index (χ3v) is 6.98. The standard InChI is InChI=1S/C21H34O2/c1-7-15(2)9-11-17-16(3)10-12-18-20(17,4)13-8-14-21(18,5)19(22)23-6/h7,15,17-18H,1,3,8-14H2,2,4-6H3/t15-,17+,18-,20-,21+/m1/s1. The molecule has 0 amide bonds. The molecule has 0 bridgehead atoms. The fourth-order valence-electron chi connectivity index (χ4n) is 5.51. The van der Waals surface area contributed by atoms with Crippen LogP contribution in [0.5, 0.6) is 0 Å². The zero-order chi connectivity index (χ0) is 17.3. The Labute approximate surface area is 142 Å². The second-order valence-electron chi connectivity index (χ2n) is 8.36. The largest absolute Gasteiger partial charge is 0.469 e. The third-order valence-electron chi connectivity index (χ3n) is 6.98. The lowest BCUT2D eigenvalue weighted by atomic mass is 9.46. The van der Waals surface area contributed by atoms with Gasteiger partial charge >= 0.3 is 5.97 Å². The van der Waals surface area contributed by atoms with Gasteiger partial charge in [0.1, 0.15) is 0 Å². The van der Waals surface area contributed by atoms with E-state index in [1.165, 1.54) is 19.1 Å². The van der Waals surface area contributed by atoms with Crippen LogP contribution in [-0.4, -0.2) is 13.1 Å². The van der Waals surface area contributed by atoms with Crippen molar-refractivity contribution in [1.29, 1.82) is 0 Å². The van der Waals surface area contributed by atoms with E-state index in [1.807, 2.05) is 6.08 Å². The fraction of sp³-hybridized carbons (Fsp3) is 0.762. The number of ether oxygens (including phenoxy) is 1. The molecule has 0 radical (unpaired) electrons. The summed E-state index contributed by atoms with van der Waals surface area (Å²) in [5.41, 5.74) is 1.25. The van der Waals surface area contributed by atoms with Crippen molar-refractivity contribution < 1.29 is 9.53 Å². The van der Waals surface area contributed by atoms with Crippen LogP contribution in [0.25, 0.3) is 0 Å². The van der Waals surface area contributed by atoms with Crippen LogP contribution < -0.4 is 0 Å². The normalized spacial score (nSPS) is 38.5. The average Bonchev–Trinajstić information content (AvgIpc) is 2.52. The first-order chi connectivity index (χ1) is 10.8. The zero-order valence-electron chi connectivity index (χ0n) is 15.5. The first kappa shape index (κ1) is 18.3. The van der Waals surface area contributed by atoms with Gasteiger partial charge in [-0.2, -0.15) is 0 Å². The van der Waals surface area contributed by atoms with Crippen molar-refractivity contribution in [2.45, 2.75) is 65.7 Å². The number of rotatable bonds is 5. The Morgan fingerprint density at radius 3 is 2.74 bits per heavy atom. The van der Waals surface area contributed by atoms with E-state index in [9.17, 15) is 4.79 Å². The molecule has 0 aliphatic heterocycles. The number of hydrogen-bond donors (Lipinski definition) is 0. The summed E-state index contributed by atoms with van der Waals surface area (Å²) in [4.78, 5) is 12.5. The number of esters is 1. The van der Waals surface area contributed by atoms with Crippen molar-refractivity contribution in [2.24, 2.45) is 28.6 Å². The van der Waals surface area contributed by atoms with E-state index in [4.69, 9.17) is 4.74 Å². The van der Waals surface area contributed by atoms with E-state index in [2.05, 4.69) is 33.9 Å². The minimum absolute atomic E-state index is 0.0147. The maximum Gasteiger partial charge on any atom is 0.311 e. The summed E-state index contributed by atoms with van der Waals surface area (Å²) in [5.74, 6) is 1.46. The van der Waals surface area contributed by atoms with E-state index in [0.29, 0.717) is 17.8 Å². The van der Waals surface area contributed by atoms with Crippen LogP contribution in [0.15, 0.2) is 24.8 Å². The summed E-state index contributed by atoms with van der Waals surface area (Å²) in [5, 5.41) is 0. The maximum absolute atomic E-state index is 12.5. The predicted octanol–water partition coefficient (Wildman–Crippen LogP) is 5.54. The minimum atomic E-state index is -0.329. The number of allylic oxidation sites excluding steroid dienone is 2. The topological polar surface area (TPSA) is 26.3 Å². The molecular formula is C21H34O2. The van der Waals surface area contributed by atoms with Crippen molar-refractivity contribution >= 4 is 5.97 Å². The second-order valence-corrected chi connectivity index (χ2v) is 8.36. The monoisotopic (exact) mass is 318 g/mol. The molecule has 0 aromatic rings. The van der Waals surface area contributed by atoms with Crippen LogP contribution in [0.1, 0.15) is 65.7 Å². The highest BCUT2D eigenvalue weighted by atomic mass is 16.5. The molecule has 2 fully saturated rings. The van der Waals surface area contributed by atoms with Crippen LogP contribution in [0.2, 0.25) is 0 Å². The summed E-state index contributed by atoms with van der Waals surface area (Å²) < 4.78 is 5.19. The Balaban J connectivity index is 2.29.